The van der Waals surface area contributed by atoms with Crippen LogP contribution in [0.3, 0.4) is 0 Å². The molecule has 1 aromatic carbocycles. The van der Waals surface area contributed by atoms with E-state index in [1.807, 2.05) is 19.9 Å². The minimum absolute atomic E-state index is 0.168. The van der Waals surface area contributed by atoms with Crippen LogP contribution in [0, 0.1) is 0 Å². The Morgan fingerprint density at radius 2 is 2.05 bits per heavy atom. The van der Waals surface area contributed by atoms with Crippen LogP contribution in [-0.4, -0.2) is 37.0 Å². The molecule has 21 heavy (non-hydrogen) atoms. The first-order valence-electron chi connectivity index (χ1n) is 7.49. The second-order valence-corrected chi connectivity index (χ2v) is 7.43. The van der Waals surface area contributed by atoms with Crippen molar-refractivity contribution in [3.05, 3.63) is 23.3 Å². The normalized spacial score (nSPS) is 20.6. The summed E-state index contributed by atoms with van der Waals surface area (Å²) in [6.45, 7) is 4.50. The molecule has 6 heteroatoms. The predicted molar refractivity (Wildman–Crippen MR) is 83.6 cm³/mol. The quantitative estimate of drug-likeness (QED) is 0.826. The Hall–Kier alpha value is -1.11. The van der Waals surface area contributed by atoms with E-state index in [0.29, 0.717) is 42.0 Å². The highest BCUT2D eigenvalue weighted by Crippen LogP contribution is 2.29. The highest BCUT2D eigenvalue weighted by atomic mass is 32.2. The number of sulfonamides is 1. The van der Waals surface area contributed by atoms with Crippen molar-refractivity contribution < 1.29 is 13.5 Å². The van der Waals surface area contributed by atoms with Gasteiger partial charge in [0.15, 0.2) is 0 Å². The SMILES string of the molecule is CCc1cc(N)c(CC)c(S(=O)(=O)N2CCC[C@H](O)C2)c1. The first-order valence-corrected chi connectivity index (χ1v) is 8.93. The number of nitrogens with two attached hydrogens (primary N) is 1. The molecule has 2 rings (SSSR count). The number of piperidine rings is 1. The fourth-order valence-corrected chi connectivity index (χ4v) is 4.71. The first kappa shape index (κ1) is 16.3. The fraction of sp³-hybridized carbons (Fsp3) is 0.600. The van der Waals surface area contributed by atoms with E-state index in [9.17, 15) is 13.5 Å². The summed E-state index contributed by atoms with van der Waals surface area (Å²) in [6, 6.07) is 3.58. The average molecular weight is 312 g/mol. The molecule has 118 valence electrons. The topological polar surface area (TPSA) is 83.6 Å². The number of hydrogen-bond donors (Lipinski definition) is 2. The second kappa shape index (κ2) is 6.34. The predicted octanol–water partition coefficient (Wildman–Crippen LogP) is 1.54. The Balaban J connectivity index is 2.50. The molecule has 1 fully saturated rings. The number of aryl methyl sites for hydroxylation is 1. The molecule has 0 spiro atoms. The maximum Gasteiger partial charge on any atom is 0.243 e. The van der Waals surface area contributed by atoms with Gasteiger partial charge in [0.25, 0.3) is 0 Å². The molecule has 1 aliphatic heterocycles. The zero-order valence-corrected chi connectivity index (χ0v) is 13.5. The number of aliphatic hydroxyl groups excluding tert-OH is 1. The van der Waals surface area contributed by atoms with Gasteiger partial charge in [-0.05, 0) is 48.9 Å². The van der Waals surface area contributed by atoms with Crippen molar-refractivity contribution >= 4 is 15.7 Å². The first-order chi connectivity index (χ1) is 9.90. The Labute approximate surface area is 126 Å². The van der Waals surface area contributed by atoms with Gasteiger partial charge in [0, 0.05) is 18.8 Å². The van der Waals surface area contributed by atoms with Crippen molar-refractivity contribution in [2.24, 2.45) is 0 Å². The highest BCUT2D eigenvalue weighted by molar-refractivity contribution is 7.89. The van der Waals surface area contributed by atoms with Crippen LogP contribution in [0.5, 0.6) is 0 Å². The van der Waals surface area contributed by atoms with Crippen molar-refractivity contribution in [3.8, 4) is 0 Å². The monoisotopic (exact) mass is 312 g/mol. The van der Waals surface area contributed by atoms with Gasteiger partial charge in [-0.2, -0.15) is 4.31 Å². The average Bonchev–Trinajstić information content (AvgIpc) is 2.46. The summed E-state index contributed by atoms with van der Waals surface area (Å²) in [5.74, 6) is 0. The molecule has 0 bridgehead atoms. The van der Waals surface area contributed by atoms with Crippen molar-refractivity contribution in [3.63, 3.8) is 0 Å². The molecule has 0 radical (unpaired) electrons. The Kier molecular flexibility index (Phi) is 4.91. The van der Waals surface area contributed by atoms with Crippen molar-refractivity contribution in [2.45, 2.75) is 50.5 Å². The molecule has 0 saturated carbocycles. The van der Waals surface area contributed by atoms with E-state index in [1.165, 1.54) is 4.31 Å². The van der Waals surface area contributed by atoms with Crippen LogP contribution in [0.4, 0.5) is 5.69 Å². The highest BCUT2D eigenvalue weighted by Gasteiger charge is 2.31. The number of nitrogens with zero attached hydrogens (tertiary/aromatic N) is 1. The number of hydrogen-bond acceptors (Lipinski definition) is 4. The molecule has 0 aromatic heterocycles. The van der Waals surface area contributed by atoms with Gasteiger partial charge in [0.2, 0.25) is 10.0 Å². The van der Waals surface area contributed by atoms with Crippen molar-refractivity contribution in [1.82, 2.24) is 4.31 Å². The molecule has 0 unspecified atom stereocenters. The maximum atomic E-state index is 12.9. The van der Waals surface area contributed by atoms with Crippen LogP contribution in [-0.2, 0) is 22.9 Å². The maximum absolute atomic E-state index is 12.9. The summed E-state index contributed by atoms with van der Waals surface area (Å²) in [5, 5.41) is 9.74. The largest absolute Gasteiger partial charge is 0.398 e. The molecule has 1 heterocycles. The van der Waals surface area contributed by atoms with Crippen LogP contribution in [0.25, 0.3) is 0 Å². The van der Waals surface area contributed by atoms with Gasteiger partial charge in [-0.15, -0.1) is 0 Å². The van der Waals surface area contributed by atoms with Gasteiger partial charge < -0.3 is 10.8 Å². The Morgan fingerprint density at radius 3 is 2.62 bits per heavy atom. The number of rotatable bonds is 4. The van der Waals surface area contributed by atoms with E-state index in [1.54, 1.807) is 6.07 Å². The zero-order chi connectivity index (χ0) is 15.6. The lowest BCUT2D eigenvalue weighted by Gasteiger charge is -2.30. The third-order valence-corrected chi connectivity index (χ3v) is 5.97. The Morgan fingerprint density at radius 1 is 1.33 bits per heavy atom. The van der Waals surface area contributed by atoms with E-state index in [2.05, 4.69) is 0 Å². The van der Waals surface area contributed by atoms with Crippen LogP contribution >= 0.6 is 0 Å². The van der Waals surface area contributed by atoms with Crippen molar-refractivity contribution in [2.75, 3.05) is 18.8 Å². The molecule has 1 aromatic rings. The van der Waals surface area contributed by atoms with Gasteiger partial charge in [-0.1, -0.05) is 13.8 Å². The van der Waals surface area contributed by atoms with Gasteiger partial charge in [-0.3, -0.25) is 0 Å². The third-order valence-electron chi connectivity index (χ3n) is 4.04. The molecule has 1 aliphatic rings. The van der Waals surface area contributed by atoms with Gasteiger partial charge in [0.05, 0.1) is 11.0 Å². The van der Waals surface area contributed by atoms with Gasteiger partial charge in [0.1, 0.15) is 0 Å². The summed E-state index contributed by atoms with van der Waals surface area (Å²) < 4.78 is 27.2. The van der Waals surface area contributed by atoms with E-state index >= 15 is 0 Å². The minimum atomic E-state index is -3.60. The van der Waals surface area contributed by atoms with Crippen LogP contribution in [0.15, 0.2) is 17.0 Å². The molecule has 1 saturated heterocycles. The number of benzene rings is 1. The molecular weight excluding hydrogens is 288 g/mol. The van der Waals surface area contributed by atoms with Crippen molar-refractivity contribution in [1.29, 1.82) is 0 Å². The molecule has 0 amide bonds. The molecular formula is C15H24N2O3S. The third kappa shape index (κ3) is 3.22. The minimum Gasteiger partial charge on any atom is -0.398 e. The summed E-state index contributed by atoms with van der Waals surface area (Å²) in [5.41, 5.74) is 8.16. The zero-order valence-electron chi connectivity index (χ0n) is 12.7. The Bertz CT molecular complexity index is 614. The van der Waals surface area contributed by atoms with Gasteiger partial charge >= 0.3 is 0 Å². The lowest BCUT2D eigenvalue weighted by molar-refractivity contribution is 0.108. The number of anilines is 1. The standard InChI is InChI=1S/C15H24N2O3S/c1-3-11-8-14(16)13(4-2)15(9-11)21(19,20)17-7-5-6-12(18)10-17/h8-9,12,18H,3-7,10,16H2,1-2H3/t12-/m0/s1. The lowest BCUT2D eigenvalue weighted by Crippen LogP contribution is -2.42. The van der Waals surface area contributed by atoms with Crippen LogP contribution in [0.2, 0.25) is 0 Å². The molecule has 5 nitrogen and oxygen atoms in total. The number of aliphatic hydroxyl groups is 1. The smallest absolute Gasteiger partial charge is 0.243 e. The van der Waals surface area contributed by atoms with E-state index in [-0.39, 0.29) is 6.54 Å². The molecule has 1 atom stereocenters. The van der Waals surface area contributed by atoms with Crippen LogP contribution < -0.4 is 5.73 Å². The fourth-order valence-electron chi connectivity index (χ4n) is 2.82. The summed E-state index contributed by atoms with van der Waals surface area (Å²) >= 11 is 0. The van der Waals surface area contributed by atoms with E-state index < -0.39 is 16.1 Å². The van der Waals surface area contributed by atoms with Crippen LogP contribution in [0.1, 0.15) is 37.8 Å². The summed E-state index contributed by atoms with van der Waals surface area (Å²) in [6.07, 6.45) is 2.07. The summed E-state index contributed by atoms with van der Waals surface area (Å²) in [7, 11) is -3.60. The van der Waals surface area contributed by atoms with E-state index in [0.717, 1.165) is 12.0 Å². The molecule has 3 N–H and O–H groups in total. The second-order valence-electron chi connectivity index (χ2n) is 5.53. The number of β-amino-alcohol motifs (C(OH)–C–C–N with tert-alkyl or cyclic N) is 1. The summed E-state index contributed by atoms with van der Waals surface area (Å²) in [4.78, 5) is 0.302. The van der Waals surface area contributed by atoms with Gasteiger partial charge in [-0.25, -0.2) is 8.42 Å². The molecule has 0 aliphatic carbocycles. The number of nitrogen functional groups attached to an aromatic ring is 1. The lowest BCUT2D eigenvalue weighted by atomic mass is 10.1. The van der Waals surface area contributed by atoms with E-state index in [4.69, 9.17) is 5.73 Å².